The molecule has 0 amide bonds. The summed E-state index contributed by atoms with van der Waals surface area (Å²) in [4.78, 5) is 0. The topological polar surface area (TPSA) is 35.5 Å². The first-order chi connectivity index (χ1) is 14.2. The Hall–Kier alpha value is -1.67. The van der Waals surface area contributed by atoms with E-state index >= 15 is 0 Å². The Morgan fingerprint density at radius 3 is 1.67 bits per heavy atom. The van der Waals surface area contributed by atoms with E-state index in [-0.39, 0.29) is 23.0 Å². The van der Waals surface area contributed by atoms with Gasteiger partial charge in [-0.2, -0.15) is 0 Å². The van der Waals surface area contributed by atoms with Crippen LogP contribution in [0.15, 0.2) is 77.9 Å². The Morgan fingerprint density at radius 1 is 0.833 bits per heavy atom. The molecular formula is C26H35O3P. The van der Waals surface area contributed by atoms with Gasteiger partial charge in [-0.3, -0.25) is 13.6 Å². The van der Waals surface area contributed by atoms with Crippen LogP contribution in [0.1, 0.15) is 54.4 Å². The predicted octanol–water partition coefficient (Wildman–Crippen LogP) is 7.14. The second kappa shape index (κ2) is 8.83. The molecule has 2 aliphatic rings. The normalized spacial score (nSPS) is 33.0. The number of rotatable bonds is 7. The summed E-state index contributed by atoms with van der Waals surface area (Å²) in [6.45, 7) is 12.9. The van der Waals surface area contributed by atoms with E-state index in [1.165, 1.54) is 11.1 Å². The maximum absolute atomic E-state index is 14.4. The van der Waals surface area contributed by atoms with Gasteiger partial charge in [-0.25, -0.2) is 0 Å². The summed E-state index contributed by atoms with van der Waals surface area (Å²) in [5.41, 5.74) is 2.00. The monoisotopic (exact) mass is 426 g/mol. The van der Waals surface area contributed by atoms with E-state index < -0.39 is 7.60 Å². The highest BCUT2D eigenvalue weighted by Gasteiger charge is 2.45. The summed E-state index contributed by atoms with van der Waals surface area (Å²) in [5, 5.41) is 0.600. The van der Waals surface area contributed by atoms with E-state index in [1.54, 1.807) is 0 Å². The fourth-order valence-electron chi connectivity index (χ4n) is 4.18. The van der Waals surface area contributed by atoms with Crippen LogP contribution in [0, 0.1) is 10.8 Å². The second-order valence-corrected chi connectivity index (χ2v) is 10.8. The summed E-state index contributed by atoms with van der Waals surface area (Å²) in [6.07, 6.45) is 13.4. The Morgan fingerprint density at radius 2 is 1.27 bits per heavy atom. The van der Waals surface area contributed by atoms with Crippen molar-refractivity contribution in [2.75, 3.05) is 0 Å². The van der Waals surface area contributed by atoms with Crippen LogP contribution >= 0.6 is 7.60 Å². The lowest BCUT2D eigenvalue weighted by molar-refractivity contribution is 0.0608. The molecule has 4 heteroatoms. The molecule has 162 valence electrons. The fraction of sp³-hybridized carbons (Fsp3) is 0.462. The predicted molar refractivity (Wildman–Crippen MR) is 126 cm³/mol. The Bertz CT molecular complexity index is 873. The highest BCUT2D eigenvalue weighted by molar-refractivity contribution is 7.62. The summed E-state index contributed by atoms with van der Waals surface area (Å²) in [5.74, 6) is 0. The van der Waals surface area contributed by atoms with Crippen molar-refractivity contribution in [2.45, 2.75) is 66.6 Å². The fourth-order valence-corrected chi connectivity index (χ4v) is 6.21. The van der Waals surface area contributed by atoms with Crippen molar-refractivity contribution in [3.63, 3.8) is 0 Å². The van der Waals surface area contributed by atoms with Gasteiger partial charge in [-0.15, -0.1) is 0 Å². The maximum Gasteiger partial charge on any atom is 0.362 e. The van der Waals surface area contributed by atoms with Crippen molar-refractivity contribution in [2.24, 2.45) is 10.8 Å². The summed E-state index contributed by atoms with van der Waals surface area (Å²) < 4.78 is 27.4. The van der Waals surface area contributed by atoms with E-state index in [4.69, 9.17) is 9.05 Å². The van der Waals surface area contributed by atoms with E-state index in [9.17, 15) is 4.57 Å². The first-order valence-electron chi connectivity index (χ1n) is 10.9. The zero-order valence-corrected chi connectivity index (χ0v) is 20.0. The molecule has 1 aromatic carbocycles. The van der Waals surface area contributed by atoms with E-state index in [0.29, 0.717) is 5.30 Å². The SMILES string of the molecule is CCC1(C)C(C)=CC=CC1OP(=O)(OC1C=CC=C(C)C1(C)CC)c1ccccc1. The minimum Gasteiger partial charge on any atom is -0.297 e. The molecule has 3 rings (SSSR count). The molecular weight excluding hydrogens is 391 g/mol. The van der Waals surface area contributed by atoms with Crippen LogP contribution in [0.5, 0.6) is 0 Å². The minimum atomic E-state index is -3.60. The molecule has 2 aliphatic carbocycles. The largest absolute Gasteiger partial charge is 0.362 e. The molecule has 0 aliphatic heterocycles. The quantitative estimate of drug-likeness (QED) is 0.435. The van der Waals surface area contributed by atoms with Gasteiger partial charge in [0.15, 0.2) is 0 Å². The number of allylic oxidation sites excluding steroid dienone is 4. The standard InChI is InChI=1S/C26H35O3P/c1-7-25(5)20(3)14-12-18-23(25)28-30(27,22-16-10-9-11-17-22)29-24-19-13-15-21(4)26(24,6)8-2/h9-19,23-24H,7-8H2,1-6H3. The van der Waals surface area contributed by atoms with Gasteiger partial charge in [0, 0.05) is 10.8 Å². The van der Waals surface area contributed by atoms with Gasteiger partial charge < -0.3 is 0 Å². The molecule has 0 spiro atoms. The van der Waals surface area contributed by atoms with E-state index in [0.717, 1.165) is 12.8 Å². The van der Waals surface area contributed by atoms with Gasteiger partial charge >= 0.3 is 7.60 Å². The van der Waals surface area contributed by atoms with Crippen LogP contribution in [-0.4, -0.2) is 12.2 Å². The third-order valence-electron chi connectivity index (χ3n) is 7.37. The molecule has 0 saturated heterocycles. The van der Waals surface area contributed by atoms with Gasteiger partial charge in [0.1, 0.15) is 0 Å². The van der Waals surface area contributed by atoms with Crippen LogP contribution in [0.4, 0.5) is 0 Å². The number of benzene rings is 1. The van der Waals surface area contributed by atoms with E-state index in [2.05, 4.69) is 53.7 Å². The van der Waals surface area contributed by atoms with Crippen LogP contribution in [0.2, 0.25) is 0 Å². The average molecular weight is 427 g/mol. The van der Waals surface area contributed by atoms with Crippen LogP contribution in [0.25, 0.3) is 0 Å². The van der Waals surface area contributed by atoms with Crippen LogP contribution < -0.4 is 5.30 Å². The molecule has 4 unspecified atom stereocenters. The van der Waals surface area contributed by atoms with Gasteiger partial charge in [0.2, 0.25) is 0 Å². The molecule has 0 aromatic heterocycles. The van der Waals surface area contributed by atoms with Crippen LogP contribution in [0.3, 0.4) is 0 Å². The Balaban J connectivity index is 2.01. The molecule has 0 saturated carbocycles. The maximum atomic E-state index is 14.4. The third-order valence-corrected chi connectivity index (χ3v) is 9.31. The highest BCUT2D eigenvalue weighted by Crippen LogP contribution is 2.56. The van der Waals surface area contributed by atoms with Gasteiger partial charge in [0.25, 0.3) is 0 Å². The average Bonchev–Trinajstić information content (AvgIpc) is 2.75. The van der Waals surface area contributed by atoms with Crippen molar-refractivity contribution in [3.05, 3.63) is 77.9 Å². The van der Waals surface area contributed by atoms with Crippen molar-refractivity contribution in [3.8, 4) is 0 Å². The zero-order valence-electron chi connectivity index (χ0n) is 19.1. The lowest BCUT2D eigenvalue weighted by Gasteiger charge is -2.42. The molecule has 30 heavy (non-hydrogen) atoms. The van der Waals surface area contributed by atoms with Gasteiger partial charge in [-0.1, -0.05) is 93.5 Å². The van der Waals surface area contributed by atoms with Crippen molar-refractivity contribution < 1.29 is 13.6 Å². The molecule has 4 atom stereocenters. The molecule has 0 N–H and O–H groups in total. The molecule has 3 nitrogen and oxygen atoms in total. The summed E-state index contributed by atoms with van der Waals surface area (Å²) in [7, 11) is -3.60. The summed E-state index contributed by atoms with van der Waals surface area (Å²) in [6, 6.07) is 9.38. The van der Waals surface area contributed by atoms with E-state index in [1.807, 2.05) is 54.6 Å². The first kappa shape index (κ1) is 23.0. The number of hydrogen-bond donors (Lipinski definition) is 0. The summed E-state index contributed by atoms with van der Waals surface area (Å²) >= 11 is 0. The van der Waals surface area contributed by atoms with Crippen molar-refractivity contribution >= 4 is 12.9 Å². The Labute approximate surface area is 182 Å². The smallest absolute Gasteiger partial charge is 0.297 e. The van der Waals surface area contributed by atoms with Crippen molar-refractivity contribution in [1.29, 1.82) is 0 Å². The highest BCUT2D eigenvalue weighted by atomic mass is 31.2. The third kappa shape index (κ3) is 4.08. The Kier molecular flexibility index (Phi) is 6.77. The van der Waals surface area contributed by atoms with Crippen molar-refractivity contribution in [1.82, 2.24) is 0 Å². The van der Waals surface area contributed by atoms with Crippen LogP contribution in [-0.2, 0) is 13.6 Å². The molecule has 0 heterocycles. The minimum absolute atomic E-state index is 0.227. The zero-order chi connectivity index (χ0) is 22.0. The lowest BCUT2D eigenvalue weighted by atomic mass is 9.73. The van der Waals surface area contributed by atoms with Gasteiger partial charge in [0.05, 0.1) is 17.5 Å². The number of hydrogen-bond acceptors (Lipinski definition) is 3. The van der Waals surface area contributed by atoms with Gasteiger partial charge in [-0.05, 0) is 38.8 Å². The molecule has 0 bridgehead atoms. The molecule has 0 radical (unpaired) electrons. The molecule has 1 aromatic rings. The second-order valence-electron chi connectivity index (χ2n) is 8.90. The molecule has 0 fully saturated rings. The lowest BCUT2D eigenvalue weighted by Crippen LogP contribution is -2.39. The first-order valence-corrected chi connectivity index (χ1v) is 12.5.